The first-order chi connectivity index (χ1) is 10.5. The summed E-state index contributed by atoms with van der Waals surface area (Å²) >= 11 is 0. The molecule has 0 aliphatic carbocycles. The second-order valence-electron chi connectivity index (χ2n) is 5.63. The van der Waals surface area contributed by atoms with Crippen LogP contribution in [0, 0.1) is 0 Å². The van der Waals surface area contributed by atoms with E-state index in [1.54, 1.807) is 0 Å². The van der Waals surface area contributed by atoms with Crippen molar-refractivity contribution >= 4 is 17.8 Å². The number of rotatable bonds is 14. The fraction of sp³-hybridized carbons (Fsp3) is 0.812. The summed E-state index contributed by atoms with van der Waals surface area (Å²) in [4.78, 5) is 32.9. The Kier molecular flexibility index (Phi) is 15.7. The number of hydrogen-bond acceptors (Lipinski definition) is 4. The maximum atomic E-state index is 11.6. The molecule has 0 saturated heterocycles. The molecule has 0 aliphatic heterocycles. The topological polar surface area (TPSA) is 139 Å². The molecule has 1 atom stereocenters. The smallest absolute Gasteiger partial charge is 0.326 e. The van der Waals surface area contributed by atoms with Crippen molar-refractivity contribution in [3.8, 4) is 0 Å². The van der Waals surface area contributed by atoms with Crippen molar-refractivity contribution in [2.24, 2.45) is 0 Å². The molecule has 1 amide bonds. The average Bonchev–Trinajstić information content (AvgIpc) is 2.44. The van der Waals surface area contributed by atoms with Gasteiger partial charge in [0.1, 0.15) is 6.04 Å². The molecule has 0 bridgehead atoms. The molecule has 136 valence electrons. The molecule has 0 radical (unpaired) electrons. The monoisotopic (exact) mass is 332 g/mol. The lowest BCUT2D eigenvalue weighted by Gasteiger charge is -2.12. The molecule has 7 heteroatoms. The van der Waals surface area contributed by atoms with Crippen LogP contribution in [0.3, 0.4) is 0 Å². The summed E-state index contributed by atoms with van der Waals surface area (Å²) in [7, 11) is 0. The summed E-state index contributed by atoms with van der Waals surface area (Å²) in [5, 5.41) is 19.7. The van der Waals surface area contributed by atoms with E-state index in [1.165, 1.54) is 38.5 Å². The second kappa shape index (κ2) is 15.3. The molecular formula is C16H32N2O5. The third kappa shape index (κ3) is 15.1. The fourth-order valence-electron chi connectivity index (χ4n) is 2.24. The van der Waals surface area contributed by atoms with Gasteiger partial charge in [-0.1, -0.05) is 58.3 Å². The molecule has 23 heavy (non-hydrogen) atoms. The van der Waals surface area contributed by atoms with E-state index in [-0.39, 0.29) is 12.6 Å². The molecule has 0 aromatic carbocycles. The predicted molar refractivity (Wildman–Crippen MR) is 88.7 cm³/mol. The zero-order valence-electron chi connectivity index (χ0n) is 14.2. The maximum Gasteiger partial charge on any atom is 0.326 e. The van der Waals surface area contributed by atoms with E-state index >= 15 is 0 Å². The van der Waals surface area contributed by atoms with Gasteiger partial charge in [-0.3, -0.25) is 9.59 Å². The first-order valence-corrected chi connectivity index (χ1v) is 8.21. The Morgan fingerprint density at radius 1 is 0.870 bits per heavy atom. The largest absolute Gasteiger partial charge is 0.481 e. The molecule has 0 aromatic rings. The van der Waals surface area contributed by atoms with Crippen LogP contribution in [-0.4, -0.2) is 34.1 Å². The molecule has 0 rings (SSSR count). The van der Waals surface area contributed by atoms with Crippen LogP contribution in [0.2, 0.25) is 0 Å². The standard InChI is InChI=1S/C16H29NO5.H3N/c1-2-3-4-5-6-7-8-9-10-11-14(18)17-13(16(21)22)12-15(19)20;/h13H,2-12H2,1H3,(H,17,18)(H,19,20)(H,21,22);1H3/t13-;/m0./s1. The van der Waals surface area contributed by atoms with Crippen molar-refractivity contribution in [3.63, 3.8) is 0 Å². The Labute approximate surface area is 138 Å². The van der Waals surface area contributed by atoms with E-state index in [0.29, 0.717) is 6.42 Å². The molecule has 0 aliphatic rings. The third-order valence-electron chi connectivity index (χ3n) is 3.52. The van der Waals surface area contributed by atoms with Crippen LogP contribution in [0.25, 0.3) is 0 Å². The van der Waals surface area contributed by atoms with Gasteiger partial charge < -0.3 is 21.7 Å². The number of unbranched alkanes of at least 4 members (excludes halogenated alkanes) is 8. The number of carboxylic acids is 2. The molecule has 0 fully saturated rings. The van der Waals surface area contributed by atoms with E-state index in [1.807, 2.05) is 0 Å². The number of amides is 1. The van der Waals surface area contributed by atoms with Crippen LogP contribution < -0.4 is 11.5 Å². The van der Waals surface area contributed by atoms with Crippen LogP contribution in [0.4, 0.5) is 0 Å². The van der Waals surface area contributed by atoms with Crippen molar-refractivity contribution in [2.75, 3.05) is 0 Å². The minimum absolute atomic E-state index is 0. The lowest BCUT2D eigenvalue weighted by molar-refractivity contribution is -0.147. The van der Waals surface area contributed by atoms with Crippen LogP contribution in [0.5, 0.6) is 0 Å². The van der Waals surface area contributed by atoms with E-state index in [4.69, 9.17) is 10.2 Å². The normalized spacial score (nSPS) is 11.3. The van der Waals surface area contributed by atoms with Gasteiger partial charge in [-0.05, 0) is 6.42 Å². The van der Waals surface area contributed by atoms with Crippen molar-refractivity contribution in [2.45, 2.75) is 83.6 Å². The predicted octanol–water partition coefficient (Wildman–Crippen LogP) is 3.11. The van der Waals surface area contributed by atoms with Gasteiger partial charge in [0.15, 0.2) is 0 Å². The van der Waals surface area contributed by atoms with Gasteiger partial charge in [0.25, 0.3) is 0 Å². The lowest BCUT2D eigenvalue weighted by Crippen LogP contribution is -2.42. The first-order valence-electron chi connectivity index (χ1n) is 8.21. The summed E-state index contributed by atoms with van der Waals surface area (Å²) < 4.78 is 0. The average molecular weight is 332 g/mol. The Morgan fingerprint density at radius 2 is 1.35 bits per heavy atom. The summed E-state index contributed by atoms with van der Waals surface area (Å²) in [6, 6.07) is -1.34. The Bertz CT molecular complexity index is 347. The quantitative estimate of drug-likeness (QED) is 0.360. The number of nitrogens with one attached hydrogen (secondary N) is 1. The molecule has 0 heterocycles. The van der Waals surface area contributed by atoms with Gasteiger partial charge in [0, 0.05) is 6.42 Å². The van der Waals surface area contributed by atoms with Gasteiger partial charge in [-0.25, -0.2) is 4.79 Å². The molecule has 0 aromatic heterocycles. The summed E-state index contributed by atoms with van der Waals surface area (Å²) in [6.07, 6.45) is 9.87. The highest BCUT2D eigenvalue weighted by molar-refractivity contribution is 5.86. The molecule has 0 saturated carbocycles. The zero-order chi connectivity index (χ0) is 16.8. The van der Waals surface area contributed by atoms with Crippen molar-refractivity contribution in [1.29, 1.82) is 0 Å². The van der Waals surface area contributed by atoms with Gasteiger partial charge in [0.2, 0.25) is 5.91 Å². The molecule has 0 unspecified atom stereocenters. The molecule has 7 nitrogen and oxygen atoms in total. The molecule has 6 N–H and O–H groups in total. The Balaban J connectivity index is 0. The Morgan fingerprint density at radius 3 is 1.78 bits per heavy atom. The molecular weight excluding hydrogens is 300 g/mol. The van der Waals surface area contributed by atoms with Gasteiger partial charge in [-0.15, -0.1) is 0 Å². The maximum absolute atomic E-state index is 11.6. The highest BCUT2D eigenvalue weighted by atomic mass is 16.4. The summed E-state index contributed by atoms with van der Waals surface area (Å²) in [5.41, 5.74) is 0. The fourth-order valence-corrected chi connectivity index (χ4v) is 2.24. The summed E-state index contributed by atoms with van der Waals surface area (Å²) in [5.74, 6) is -2.95. The number of aliphatic carboxylic acids is 2. The number of carbonyl (C=O) groups is 3. The van der Waals surface area contributed by atoms with Gasteiger partial charge >= 0.3 is 11.9 Å². The van der Waals surface area contributed by atoms with Crippen molar-refractivity contribution in [1.82, 2.24) is 11.5 Å². The number of carboxylic acid groups (broad SMARTS) is 2. The van der Waals surface area contributed by atoms with Gasteiger partial charge in [-0.2, -0.15) is 0 Å². The number of hydrogen-bond donors (Lipinski definition) is 4. The van der Waals surface area contributed by atoms with E-state index in [9.17, 15) is 14.4 Å². The van der Waals surface area contributed by atoms with E-state index < -0.39 is 30.3 Å². The number of carbonyl (C=O) groups excluding carboxylic acids is 1. The van der Waals surface area contributed by atoms with Crippen molar-refractivity contribution in [3.05, 3.63) is 0 Å². The highest BCUT2D eigenvalue weighted by Crippen LogP contribution is 2.10. The van der Waals surface area contributed by atoms with Crippen molar-refractivity contribution < 1.29 is 24.6 Å². The van der Waals surface area contributed by atoms with E-state index in [2.05, 4.69) is 12.2 Å². The SMILES string of the molecule is CCCCCCCCCCCC(=O)N[C@@H](CC(=O)O)C(=O)O.N. The summed E-state index contributed by atoms with van der Waals surface area (Å²) in [6.45, 7) is 2.19. The third-order valence-corrected chi connectivity index (χ3v) is 3.52. The van der Waals surface area contributed by atoms with Crippen LogP contribution in [0.1, 0.15) is 77.6 Å². The van der Waals surface area contributed by atoms with Gasteiger partial charge in [0.05, 0.1) is 6.42 Å². The minimum Gasteiger partial charge on any atom is -0.481 e. The van der Waals surface area contributed by atoms with Crippen LogP contribution in [-0.2, 0) is 14.4 Å². The highest BCUT2D eigenvalue weighted by Gasteiger charge is 2.22. The Hall–Kier alpha value is -1.63. The van der Waals surface area contributed by atoms with E-state index in [0.717, 1.165) is 12.8 Å². The first kappa shape index (κ1) is 23.6. The molecule has 0 spiro atoms. The van der Waals surface area contributed by atoms with Crippen LogP contribution in [0.15, 0.2) is 0 Å². The van der Waals surface area contributed by atoms with Crippen LogP contribution >= 0.6 is 0 Å². The zero-order valence-corrected chi connectivity index (χ0v) is 14.2. The minimum atomic E-state index is -1.34. The lowest BCUT2D eigenvalue weighted by atomic mass is 10.1. The second-order valence-corrected chi connectivity index (χ2v) is 5.63.